The van der Waals surface area contributed by atoms with E-state index >= 15 is 0 Å². The first-order valence-electron chi connectivity index (χ1n) is 8.48. The molecule has 0 atom stereocenters. The van der Waals surface area contributed by atoms with Crippen LogP contribution in [0.15, 0.2) is 65.6 Å². The van der Waals surface area contributed by atoms with Crippen molar-refractivity contribution in [1.29, 1.82) is 0 Å². The van der Waals surface area contributed by atoms with Crippen molar-refractivity contribution in [3.05, 3.63) is 88.1 Å². The molecule has 0 aliphatic rings. The molecule has 0 aliphatic carbocycles. The van der Waals surface area contributed by atoms with Crippen LogP contribution in [0.25, 0.3) is 0 Å². The molecular weight excluding hydrogens is 363 g/mol. The molecule has 0 fully saturated rings. The molecule has 28 heavy (non-hydrogen) atoms. The summed E-state index contributed by atoms with van der Waals surface area (Å²) in [5, 5.41) is 2.54. The Balaban J connectivity index is 1.87. The van der Waals surface area contributed by atoms with Crippen LogP contribution in [0.4, 0.5) is 10.1 Å². The monoisotopic (exact) mass is 382 g/mol. The number of ether oxygens (including phenoxy) is 2. The largest absolute Gasteiger partial charge is 0.497 e. The van der Waals surface area contributed by atoms with Crippen LogP contribution in [0.3, 0.4) is 0 Å². The summed E-state index contributed by atoms with van der Waals surface area (Å²) in [6, 6.07) is 13.8. The Morgan fingerprint density at radius 2 is 1.75 bits per heavy atom. The van der Waals surface area contributed by atoms with E-state index in [0.29, 0.717) is 11.5 Å². The van der Waals surface area contributed by atoms with Crippen molar-refractivity contribution in [2.24, 2.45) is 0 Å². The summed E-state index contributed by atoms with van der Waals surface area (Å²) in [4.78, 5) is 25.2. The van der Waals surface area contributed by atoms with Crippen molar-refractivity contribution in [1.82, 2.24) is 4.57 Å². The molecule has 3 aromatic rings. The molecule has 1 amide bonds. The van der Waals surface area contributed by atoms with Crippen LogP contribution in [-0.4, -0.2) is 24.7 Å². The summed E-state index contributed by atoms with van der Waals surface area (Å²) in [6.07, 6.45) is 1.59. The third-order valence-electron chi connectivity index (χ3n) is 4.11. The van der Waals surface area contributed by atoms with Crippen molar-refractivity contribution in [3.63, 3.8) is 0 Å². The third-order valence-corrected chi connectivity index (χ3v) is 4.11. The van der Waals surface area contributed by atoms with E-state index < -0.39 is 17.3 Å². The van der Waals surface area contributed by atoms with Crippen molar-refractivity contribution in [2.75, 3.05) is 19.5 Å². The van der Waals surface area contributed by atoms with Gasteiger partial charge in [-0.05, 0) is 48.0 Å². The lowest BCUT2D eigenvalue weighted by atomic mass is 10.2. The number of nitrogens with zero attached hydrogens (tertiary/aromatic N) is 1. The normalized spacial score (nSPS) is 10.4. The molecule has 0 bridgehead atoms. The first-order valence-corrected chi connectivity index (χ1v) is 8.48. The lowest BCUT2D eigenvalue weighted by Crippen LogP contribution is -2.29. The minimum atomic E-state index is -0.604. The molecule has 0 unspecified atom stereocenters. The first-order chi connectivity index (χ1) is 13.5. The highest BCUT2D eigenvalue weighted by molar-refractivity contribution is 6.03. The van der Waals surface area contributed by atoms with Gasteiger partial charge in [-0.15, -0.1) is 0 Å². The number of amides is 1. The van der Waals surface area contributed by atoms with Crippen LogP contribution in [0.1, 0.15) is 15.9 Å². The molecule has 2 aromatic carbocycles. The van der Waals surface area contributed by atoms with Gasteiger partial charge in [0.2, 0.25) is 0 Å². The number of rotatable bonds is 6. The minimum Gasteiger partial charge on any atom is -0.497 e. The molecule has 1 N–H and O–H groups in total. The third kappa shape index (κ3) is 4.37. The van der Waals surface area contributed by atoms with Gasteiger partial charge in [-0.1, -0.05) is 6.07 Å². The minimum absolute atomic E-state index is 0.0402. The topological polar surface area (TPSA) is 69.6 Å². The summed E-state index contributed by atoms with van der Waals surface area (Å²) < 4.78 is 25.2. The van der Waals surface area contributed by atoms with E-state index in [4.69, 9.17) is 9.47 Å². The average Bonchev–Trinajstić information content (AvgIpc) is 2.69. The fourth-order valence-electron chi connectivity index (χ4n) is 2.75. The van der Waals surface area contributed by atoms with Crippen molar-refractivity contribution >= 4 is 11.6 Å². The summed E-state index contributed by atoms with van der Waals surface area (Å²) >= 11 is 0. The van der Waals surface area contributed by atoms with Crippen LogP contribution in [0, 0.1) is 5.82 Å². The second kappa shape index (κ2) is 8.39. The number of nitrogens with one attached hydrogen (secondary N) is 1. The maximum atomic E-state index is 13.3. The van der Waals surface area contributed by atoms with Crippen LogP contribution in [-0.2, 0) is 6.54 Å². The summed E-state index contributed by atoms with van der Waals surface area (Å²) in [7, 11) is 3.09. The van der Waals surface area contributed by atoms with Gasteiger partial charge in [-0.25, -0.2) is 4.39 Å². The smallest absolute Gasteiger partial charge is 0.263 e. The highest BCUT2D eigenvalue weighted by atomic mass is 19.1. The number of aromatic nitrogens is 1. The molecule has 0 saturated heterocycles. The second-order valence-corrected chi connectivity index (χ2v) is 6.04. The zero-order valence-electron chi connectivity index (χ0n) is 15.4. The number of methoxy groups -OCH3 is 2. The van der Waals surface area contributed by atoms with E-state index in [0.717, 1.165) is 5.56 Å². The lowest BCUT2D eigenvalue weighted by molar-refractivity contribution is 0.102. The molecule has 0 aliphatic heterocycles. The Morgan fingerprint density at radius 3 is 2.39 bits per heavy atom. The Kier molecular flexibility index (Phi) is 5.74. The molecule has 6 nitrogen and oxygen atoms in total. The second-order valence-electron chi connectivity index (χ2n) is 6.04. The van der Waals surface area contributed by atoms with Gasteiger partial charge < -0.3 is 19.4 Å². The number of halogens is 1. The molecule has 1 heterocycles. The van der Waals surface area contributed by atoms with Gasteiger partial charge in [0.25, 0.3) is 11.5 Å². The van der Waals surface area contributed by atoms with Gasteiger partial charge in [0.05, 0.1) is 20.8 Å². The molecule has 144 valence electrons. The van der Waals surface area contributed by atoms with Crippen LogP contribution in [0.5, 0.6) is 11.5 Å². The number of hydrogen-bond acceptors (Lipinski definition) is 4. The van der Waals surface area contributed by atoms with Gasteiger partial charge in [-0.2, -0.15) is 0 Å². The predicted molar refractivity (Wildman–Crippen MR) is 104 cm³/mol. The lowest BCUT2D eigenvalue weighted by Gasteiger charge is -2.11. The van der Waals surface area contributed by atoms with E-state index in [2.05, 4.69) is 5.32 Å². The molecule has 3 rings (SSSR count). The zero-order chi connectivity index (χ0) is 20.1. The number of carbonyl (C=O) groups is 1. The zero-order valence-corrected chi connectivity index (χ0v) is 15.4. The Hall–Kier alpha value is -3.61. The Labute approximate surface area is 161 Å². The standard InChI is InChI=1S/C21H19FN2O4/c1-27-17-9-14(10-18(12-17)28-2)13-24-8-4-7-19(21(24)26)20(25)23-16-6-3-5-15(22)11-16/h3-12H,13H2,1-2H3,(H,23,25). The van der Waals surface area contributed by atoms with Crippen LogP contribution < -0.4 is 20.3 Å². The number of anilines is 1. The molecule has 0 saturated carbocycles. The fourth-order valence-corrected chi connectivity index (χ4v) is 2.75. The molecule has 7 heteroatoms. The number of hydrogen-bond donors (Lipinski definition) is 1. The highest BCUT2D eigenvalue weighted by Crippen LogP contribution is 2.22. The quantitative estimate of drug-likeness (QED) is 0.710. The highest BCUT2D eigenvalue weighted by Gasteiger charge is 2.13. The maximum Gasteiger partial charge on any atom is 0.263 e. The van der Waals surface area contributed by atoms with Crippen LogP contribution >= 0.6 is 0 Å². The number of carbonyl (C=O) groups excluding carboxylic acids is 1. The summed E-state index contributed by atoms with van der Waals surface area (Å²) in [5.41, 5.74) is 0.554. The molecular formula is C21H19FN2O4. The van der Waals surface area contributed by atoms with Gasteiger partial charge in [0.15, 0.2) is 0 Å². The van der Waals surface area contributed by atoms with Crippen molar-refractivity contribution < 1.29 is 18.7 Å². The molecule has 1 aromatic heterocycles. The van der Waals surface area contributed by atoms with Crippen molar-refractivity contribution in [3.8, 4) is 11.5 Å². The summed E-state index contributed by atoms with van der Waals surface area (Å²) in [5.74, 6) is 0.119. The number of benzene rings is 2. The predicted octanol–water partition coefficient (Wildman–Crippen LogP) is 3.31. The Morgan fingerprint density at radius 1 is 1.04 bits per heavy atom. The van der Waals surface area contributed by atoms with Gasteiger partial charge in [-0.3, -0.25) is 9.59 Å². The fraction of sp³-hybridized carbons (Fsp3) is 0.143. The molecule has 0 radical (unpaired) electrons. The van der Waals surface area contributed by atoms with Gasteiger partial charge >= 0.3 is 0 Å². The first kappa shape index (κ1) is 19.2. The van der Waals surface area contributed by atoms with E-state index in [9.17, 15) is 14.0 Å². The average molecular weight is 382 g/mol. The SMILES string of the molecule is COc1cc(Cn2cccc(C(=O)Nc3cccc(F)c3)c2=O)cc(OC)c1. The maximum absolute atomic E-state index is 13.3. The van der Waals surface area contributed by atoms with Gasteiger partial charge in [0, 0.05) is 18.0 Å². The number of pyridine rings is 1. The van der Waals surface area contributed by atoms with Crippen LogP contribution in [0.2, 0.25) is 0 Å². The molecule has 0 spiro atoms. The Bertz CT molecular complexity index is 1040. The van der Waals surface area contributed by atoms with Gasteiger partial charge in [0.1, 0.15) is 22.9 Å². The summed E-state index contributed by atoms with van der Waals surface area (Å²) in [6.45, 7) is 0.230. The van der Waals surface area contributed by atoms with E-state index in [-0.39, 0.29) is 17.8 Å². The van der Waals surface area contributed by atoms with Crippen molar-refractivity contribution in [2.45, 2.75) is 6.54 Å². The van der Waals surface area contributed by atoms with E-state index in [1.807, 2.05) is 0 Å². The van der Waals surface area contributed by atoms with E-state index in [1.54, 1.807) is 50.7 Å². The van der Waals surface area contributed by atoms with E-state index in [1.165, 1.54) is 28.8 Å².